The Kier molecular flexibility index (Phi) is 267. The Bertz CT molecular complexity index is 6.00. The van der Waals surface area contributed by atoms with Gasteiger partial charge in [0.15, 0.2) is 0 Å². The van der Waals surface area contributed by atoms with Gasteiger partial charge in [-0.05, 0) is 0 Å². The van der Waals surface area contributed by atoms with Crippen molar-refractivity contribution in [3.63, 3.8) is 0 Å². The van der Waals surface area contributed by atoms with Crippen molar-refractivity contribution in [3.05, 3.63) is 0 Å². The van der Waals surface area contributed by atoms with E-state index in [0.717, 1.165) is 0 Å². The molecule has 0 fully saturated rings. The minimum atomic E-state index is 0. The predicted molar refractivity (Wildman–Crippen MR) is 22.7 cm³/mol. The third kappa shape index (κ3) is 9.49. The van der Waals surface area contributed by atoms with E-state index in [4.69, 9.17) is 0 Å². The van der Waals surface area contributed by atoms with Crippen molar-refractivity contribution in [3.8, 4) is 0 Å². The number of hydrogen-bond acceptors (Lipinski definition) is 0. The van der Waals surface area contributed by atoms with E-state index in [1.165, 1.54) is 0 Å². The molecule has 0 bridgehead atoms. The average Bonchev–Trinajstić information content (AvgIpc) is 0. The van der Waals surface area contributed by atoms with E-state index in [2.05, 4.69) is 0 Å². The molecule has 0 aliphatic rings. The minimum absolute atomic E-state index is 0. The molecule has 4 heavy (non-hydrogen) atoms. The molecule has 0 nitrogen and oxygen atoms in total. The smallest absolute Gasteiger partial charge is 0.0626 e. The van der Waals surface area contributed by atoms with Gasteiger partial charge in [-0.15, -0.1) is 0 Å². The van der Waals surface area contributed by atoms with Crippen molar-refractivity contribution in [2.45, 2.75) is 0 Å². The van der Waals surface area contributed by atoms with Gasteiger partial charge < -0.3 is 0 Å². The predicted octanol–water partition coefficient (Wildman–Crippen LogP) is -5.90. The van der Waals surface area contributed by atoms with Crippen molar-refractivity contribution < 1.29 is 46.5 Å². The second kappa shape index (κ2) is 23.2. The van der Waals surface area contributed by atoms with Gasteiger partial charge in [0, 0.05) is 0 Å². The van der Waals surface area contributed by atoms with Gasteiger partial charge in [0.05, 0.1) is 0 Å². The van der Waals surface area contributed by atoms with Gasteiger partial charge in [0.2, 0.25) is 0 Å². The zero-order chi connectivity index (χ0) is 0. The van der Waals surface area contributed by atoms with Crippen LogP contribution in [0.15, 0.2) is 0 Å². The first-order valence-corrected chi connectivity index (χ1v) is 0. The molecule has 0 amide bonds. The molecule has 0 N–H and O–H groups in total. The zero-order valence-corrected chi connectivity index (χ0v) is 4.96. The minimum Gasteiger partial charge on any atom is -0.0626 e. The summed E-state index contributed by atoms with van der Waals surface area (Å²) in [6.07, 6.45) is 0. The summed E-state index contributed by atoms with van der Waals surface area (Å²) in [4.78, 5) is 0. The molecule has 0 heterocycles. The van der Waals surface area contributed by atoms with E-state index < -0.39 is 0 Å². The standard InChI is InChI=1S/2BH4.Br.Na/h2*1H4;;/q2*-1;2*+1. The van der Waals surface area contributed by atoms with E-state index in [1.807, 2.05) is 0 Å². The van der Waals surface area contributed by atoms with Crippen LogP contribution >= 0.6 is 0 Å². The second-order valence-corrected chi connectivity index (χ2v) is 0. The van der Waals surface area contributed by atoms with Gasteiger partial charge in [-0.2, -0.15) is 0 Å². The molecule has 0 aromatic rings. The van der Waals surface area contributed by atoms with Gasteiger partial charge in [0.1, 0.15) is 0 Å². The molecule has 0 saturated carbocycles. The van der Waals surface area contributed by atoms with E-state index >= 15 is 0 Å². The Morgan fingerprint density at radius 1 is 0.750 bits per heavy atom. The summed E-state index contributed by atoms with van der Waals surface area (Å²) in [5.74, 6) is 0. The van der Waals surface area contributed by atoms with Crippen molar-refractivity contribution in [1.82, 2.24) is 0 Å². The van der Waals surface area contributed by atoms with Crippen molar-refractivity contribution in [1.29, 1.82) is 0 Å². The van der Waals surface area contributed by atoms with Crippen LogP contribution in [0, 0.1) is 17.0 Å². The molecule has 0 aliphatic heterocycles. The Balaban J connectivity index is 0. The average molecular weight is 133 g/mol. The Morgan fingerprint density at radius 3 is 0.750 bits per heavy atom. The first-order chi connectivity index (χ1) is 0. The van der Waals surface area contributed by atoms with Crippen LogP contribution < -0.4 is 29.6 Å². The van der Waals surface area contributed by atoms with Crippen LogP contribution in [0.25, 0.3) is 0 Å². The van der Waals surface area contributed by atoms with Gasteiger partial charge in [-0.1, -0.05) is 16.8 Å². The molecule has 0 aliphatic carbocycles. The van der Waals surface area contributed by atoms with Crippen molar-refractivity contribution in [2.75, 3.05) is 0 Å². The molecule has 0 saturated heterocycles. The van der Waals surface area contributed by atoms with E-state index in [1.54, 1.807) is 0 Å². The fourth-order valence-electron chi connectivity index (χ4n) is 0. The van der Waals surface area contributed by atoms with Crippen LogP contribution in [-0.4, -0.2) is 16.8 Å². The first-order valence-electron chi connectivity index (χ1n) is 0. The SMILES string of the molecule is [BH4-].[BH4-].[Br+].[Na+]. The normalized spacial score (nSPS) is 0. The molecule has 0 atom stereocenters. The van der Waals surface area contributed by atoms with Crippen LogP contribution in [0.5, 0.6) is 0 Å². The van der Waals surface area contributed by atoms with Gasteiger partial charge >= 0.3 is 46.5 Å². The molecule has 4 heteroatoms. The number of rotatable bonds is 0. The van der Waals surface area contributed by atoms with Gasteiger partial charge in [-0.25, -0.2) is 0 Å². The molecule has 2 radical (unpaired) electrons. The largest absolute Gasteiger partial charge is 1.00 e. The van der Waals surface area contributed by atoms with E-state index in [9.17, 15) is 0 Å². The van der Waals surface area contributed by atoms with Crippen LogP contribution in [0.1, 0.15) is 0 Å². The van der Waals surface area contributed by atoms with Crippen LogP contribution in [-0.2, 0) is 0 Å². The molecular weight excluding hydrogens is 125 g/mol. The van der Waals surface area contributed by atoms with Crippen molar-refractivity contribution >= 4 is 16.8 Å². The topological polar surface area (TPSA) is 0 Å². The molecule has 0 spiro atoms. The zero-order valence-electron chi connectivity index (χ0n) is 1.38. The number of halogens is 1. The Hall–Kier alpha value is 1.61. The quantitative estimate of drug-likeness (QED) is 0.288. The molecule has 0 aromatic carbocycles. The number of hydrogen-bond donors (Lipinski definition) is 0. The van der Waals surface area contributed by atoms with Crippen LogP contribution in [0.4, 0.5) is 0 Å². The summed E-state index contributed by atoms with van der Waals surface area (Å²) >= 11 is 0. The van der Waals surface area contributed by atoms with Crippen LogP contribution in [0.2, 0.25) is 0 Å². The third-order valence-corrected chi connectivity index (χ3v) is 0. The molecule has 0 rings (SSSR count). The second-order valence-electron chi connectivity index (χ2n) is 0. The monoisotopic (exact) mass is 132 g/mol. The van der Waals surface area contributed by atoms with Crippen LogP contribution in [0.3, 0.4) is 0 Å². The van der Waals surface area contributed by atoms with E-state index in [-0.39, 0.29) is 63.4 Å². The fraction of sp³-hybridized carbons (Fsp3) is 0. The molecule has 22 valence electrons. The Morgan fingerprint density at radius 2 is 0.750 bits per heavy atom. The summed E-state index contributed by atoms with van der Waals surface area (Å²) in [6.45, 7) is 0. The summed E-state index contributed by atoms with van der Waals surface area (Å²) in [6, 6.07) is 0. The van der Waals surface area contributed by atoms with Gasteiger partial charge in [0.25, 0.3) is 0 Å². The third-order valence-electron chi connectivity index (χ3n) is 0. The summed E-state index contributed by atoms with van der Waals surface area (Å²) < 4.78 is 0. The van der Waals surface area contributed by atoms with Crippen molar-refractivity contribution in [2.24, 2.45) is 0 Å². The first kappa shape index (κ1) is 46.0. The molecule has 0 unspecified atom stereocenters. The van der Waals surface area contributed by atoms with E-state index in [0.29, 0.717) is 0 Å². The summed E-state index contributed by atoms with van der Waals surface area (Å²) in [5, 5.41) is 0. The Labute approximate surface area is 62.9 Å². The summed E-state index contributed by atoms with van der Waals surface area (Å²) in [7, 11) is 0. The molecular formula is H8B2BrNa. The maximum absolute atomic E-state index is 0. The fourth-order valence-corrected chi connectivity index (χ4v) is 0. The maximum atomic E-state index is 0. The molecule has 0 aromatic heterocycles. The maximum Gasteiger partial charge on any atom is 1.00 e. The summed E-state index contributed by atoms with van der Waals surface area (Å²) in [5.41, 5.74) is 0. The van der Waals surface area contributed by atoms with Gasteiger partial charge in [-0.3, -0.25) is 0 Å².